The molecule has 0 bridgehead atoms. The molecule has 0 amide bonds. The predicted molar refractivity (Wildman–Crippen MR) is 114 cm³/mol. The molecule has 0 aliphatic carbocycles. The van der Waals surface area contributed by atoms with Crippen molar-refractivity contribution in [3.8, 4) is 0 Å². The van der Waals surface area contributed by atoms with Crippen molar-refractivity contribution in [2.75, 3.05) is 5.73 Å². The highest BCUT2D eigenvalue weighted by atomic mass is 16.5. The lowest BCUT2D eigenvalue weighted by Gasteiger charge is -2.10. The molecule has 2 aromatic rings. The summed E-state index contributed by atoms with van der Waals surface area (Å²) in [5.41, 5.74) is 8.08. The number of carbonyl (C=O) groups is 2. The number of carbonyl (C=O) groups excluding carboxylic acids is 2. The maximum absolute atomic E-state index is 12.5. The minimum atomic E-state index is -0.649. The van der Waals surface area contributed by atoms with Gasteiger partial charge in [0.05, 0.1) is 6.26 Å². The van der Waals surface area contributed by atoms with Gasteiger partial charge >= 0.3 is 5.97 Å². The van der Waals surface area contributed by atoms with Gasteiger partial charge in [-0.3, -0.25) is 4.79 Å². The standard InChI is InChI=1S/C24H23NO4/c1-2-9-22(23(29-18-26)20-13-15-21(25)16-14-20)24(27)28-17-8-4-7-12-19-10-5-3-6-11-19/h2-11,13-18H,12,25H2,1H3. The zero-order chi connectivity index (χ0) is 20.9. The van der Waals surface area contributed by atoms with E-state index in [2.05, 4.69) is 0 Å². The van der Waals surface area contributed by atoms with Crippen molar-refractivity contribution in [2.24, 2.45) is 0 Å². The van der Waals surface area contributed by atoms with Gasteiger partial charge in [0.25, 0.3) is 6.47 Å². The smallest absolute Gasteiger partial charge is 0.346 e. The minimum absolute atomic E-state index is 0.0936. The first kappa shape index (κ1) is 21.4. The highest BCUT2D eigenvalue weighted by Gasteiger charge is 2.17. The second-order valence-electron chi connectivity index (χ2n) is 5.93. The van der Waals surface area contributed by atoms with Gasteiger partial charge in [-0.1, -0.05) is 48.6 Å². The van der Waals surface area contributed by atoms with Gasteiger partial charge in [0.15, 0.2) is 5.76 Å². The number of allylic oxidation sites excluding steroid dienone is 4. The Morgan fingerprint density at radius 1 is 1.00 bits per heavy atom. The molecule has 148 valence electrons. The Morgan fingerprint density at radius 2 is 1.72 bits per heavy atom. The van der Waals surface area contributed by atoms with E-state index in [1.54, 1.807) is 49.4 Å². The van der Waals surface area contributed by atoms with E-state index in [0.717, 1.165) is 6.42 Å². The van der Waals surface area contributed by atoms with E-state index >= 15 is 0 Å². The Balaban J connectivity index is 2.11. The first-order valence-corrected chi connectivity index (χ1v) is 9.05. The quantitative estimate of drug-likeness (QED) is 0.170. The molecule has 0 aliphatic rings. The number of esters is 1. The molecule has 29 heavy (non-hydrogen) atoms. The zero-order valence-electron chi connectivity index (χ0n) is 16.2. The van der Waals surface area contributed by atoms with Crippen LogP contribution >= 0.6 is 0 Å². The molecule has 0 heterocycles. The van der Waals surface area contributed by atoms with Crippen molar-refractivity contribution in [3.05, 3.63) is 108 Å². The Morgan fingerprint density at radius 3 is 2.38 bits per heavy atom. The maximum atomic E-state index is 12.5. The summed E-state index contributed by atoms with van der Waals surface area (Å²) in [6.45, 7) is 2.02. The average molecular weight is 389 g/mol. The van der Waals surface area contributed by atoms with E-state index in [-0.39, 0.29) is 17.8 Å². The lowest BCUT2D eigenvalue weighted by Crippen LogP contribution is -2.07. The summed E-state index contributed by atoms with van der Waals surface area (Å²) in [6.07, 6.45) is 10.6. The molecule has 5 nitrogen and oxygen atoms in total. The second-order valence-corrected chi connectivity index (χ2v) is 5.93. The van der Waals surface area contributed by atoms with Crippen LogP contribution in [0.25, 0.3) is 5.76 Å². The van der Waals surface area contributed by atoms with Crippen LogP contribution in [-0.2, 0) is 25.5 Å². The zero-order valence-corrected chi connectivity index (χ0v) is 16.2. The summed E-state index contributed by atoms with van der Waals surface area (Å²) in [5.74, 6) is -0.555. The van der Waals surface area contributed by atoms with Crippen LogP contribution in [0, 0.1) is 0 Å². The number of ether oxygens (including phenoxy) is 2. The number of hydrogen-bond acceptors (Lipinski definition) is 5. The maximum Gasteiger partial charge on any atom is 0.346 e. The topological polar surface area (TPSA) is 78.6 Å². The van der Waals surface area contributed by atoms with Gasteiger partial charge in [-0.25, -0.2) is 4.79 Å². The van der Waals surface area contributed by atoms with Crippen molar-refractivity contribution < 1.29 is 19.1 Å². The predicted octanol–water partition coefficient (Wildman–Crippen LogP) is 4.58. The highest BCUT2D eigenvalue weighted by Crippen LogP contribution is 2.23. The van der Waals surface area contributed by atoms with Crippen molar-refractivity contribution in [1.82, 2.24) is 0 Å². The van der Waals surface area contributed by atoms with Crippen molar-refractivity contribution in [3.63, 3.8) is 0 Å². The van der Waals surface area contributed by atoms with Gasteiger partial charge in [0.2, 0.25) is 0 Å². The molecule has 0 spiro atoms. The molecule has 0 radical (unpaired) electrons. The molecule has 5 heteroatoms. The first-order valence-electron chi connectivity index (χ1n) is 9.05. The van der Waals surface area contributed by atoms with Crippen LogP contribution < -0.4 is 5.73 Å². The van der Waals surface area contributed by atoms with Crippen molar-refractivity contribution in [1.29, 1.82) is 0 Å². The van der Waals surface area contributed by atoms with E-state index in [1.807, 2.05) is 36.4 Å². The second kappa shape index (κ2) is 11.8. The van der Waals surface area contributed by atoms with Crippen LogP contribution in [0.15, 0.2) is 96.8 Å². The molecule has 2 rings (SSSR count). The van der Waals surface area contributed by atoms with Crippen LogP contribution in [-0.4, -0.2) is 12.4 Å². The van der Waals surface area contributed by atoms with E-state index in [1.165, 1.54) is 17.9 Å². The van der Waals surface area contributed by atoms with Gasteiger partial charge in [0.1, 0.15) is 5.57 Å². The van der Waals surface area contributed by atoms with E-state index < -0.39 is 5.97 Å². The summed E-state index contributed by atoms with van der Waals surface area (Å²) >= 11 is 0. The fraction of sp³-hybridized carbons (Fsp3) is 0.0833. The number of anilines is 1. The molecular weight excluding hydrogens is 366 g/mol. The molecule has 2 N–H and O–H groups in total. The number of rotatable bonds is 9. The third kappa shape index (κ3) is 6.99. The van der Waals surface area contributed by atoms with Crippen molar-refractivity contribution >= 4 is 23.9 Å². The molecule has 0 atom stereocenters. The summed E-state index contributed by atoms with van der Waals surface area (Å²) in [7, 11) is 0. The Hall–Kier alpha value is -3.86. The summed E-state index contributed by atoms with van der Waals surface area (Å²) in [5, 5.41) is 0. The lowest BCUT2D eigenvalue weighted by molar-refractivity contribution is -0.133. The molecule has 0 saturated heterocycles. The van der Waals surface area contributed by atoms with E-state index in [9.17, 15) is 9.59 Å². The Bertz CT molecular complexity index is 923. The van der Waals surface area contributed by atoms with Gasteiger partial charge < -0.3 is 15.2 Å². The van der Waals surface area contributed by atoms with Crippen LogP contribution in [0.2, 0.25) is 0 Å². The largest absolute Gasteiger partial charge is 0.431 e. The van der Waals surface area contributed by atoms with Crippen LogP contribution in [0.4, 0.5) is 5.69 Å². The third-order valence-electron chi connectivity index (χ3n) is 3.83. The SMILES string of the molecule is CC=CC(C(=O)OC=CC=CCc1ccccc1)=C(OC=O)c1ccc(N)cc1. The van der Waals surface area contributed by atoms with Gasteiger partial charge in [0, 0.05) is 11.3 Å². The molecule has 0 fully saturated rings. The molecule has 0 aromatic heterocycles. The van der Waals surface area contributed by atoms with Crippen molar-refractivity contribution in [2.45, 2.75) is 13.3 Å². The third-order valence-corrected chi connectivity index (χ3v) is 3.83. The van der Waals surface area contributed by atoms with E-state index in [4.69, 9.17) is 15.2 Å². The number of nitrogen functional groups attached to an aromatic ring is 1. The Labute approximate surface area is 170 Å². The van der Waals surface area contributed by atoms with Crippen LogP contribution in [0.3, 0.4) is 0 Å². The number of benzene rings is 2. The van der Waals surface area contributed by atoms with Gasteiger partial charge in [-0.15, -0.1) is 0 Å². The number of nitrogens with two attached hydrogens (primary N) is 1. The minimum Gasteiger partial charge on any atom is -0.431 e. The van der Waals surface area contributed by atoms with Crippen LogP contribution in [0.1, 0.15) is 18.1 Å². The van der Waals surface area contributed by atoms with Crippen LogP contribution in [0.5, 0.6) is 0 Å². The normalized spacial score (nSPS) is 12.3. The lowest BCUT2D eigenvalue weighted by atomic mass is 10.1. The fourth-order valence-electron chi connectivity index (χ4n) is 2.48. The van der Waals surface area contributed by atoms with E-state index in [0.29, 0.717) is 11.3 Å². The number of hydrogen-bond donors (Lipinski definition) is 1. The highest BCUT2D eigenvalue weighted by molar-refractivity contribution is 6.00. The summed E-state index contributed by atoms with van der Waals surface area (Å²) < 4.78 is 10.2. The molecule has 2 aromatic carbocycles. The summed E-state index contributed by atoms with van der Waals surface area (Å²) in [6, 6.07) is 16.6. The molecule has 0 unspecified atom stereocenters. The Kier molecular flexibility index (Phi) is 8.70. The summed E-state index contributed by atoms with van der Waals surface area (Å²) in [4.78, 5) is 23.5. The molecular formula is C24H23NO4. The first-order chi connectivity index (χ1) is 14.2. The molecule has 0 aliphatic heterocycles. The fourth-order valence-corrected chi connectivity index (χ4v) is 2.48. The molecule has 0 saturated carbocycles. The van der Waals surface area contributed by atoms with Gasteiger partial charge in [-0.05, 0) is 55.3 Å². The van der Waals surface area contributed by atoms with Gasteiger partial charge in [-0.2, -0.15) is 0 Å². The average Bonchev–Trinajstić information content (AvgIpc) is 2.74. The monoisotopic (exact) mass is 389 g/mol.